The van der Waals surface area contributed by atoms with Crippen LogP contribution in [-0.2, 0) is 5.54 Å². The van der Waals surface area contributed by atoms with E-state index in [9.17, 15) is 0 Å². The molecule has 1 fully saturated rings. The van der Waals surface area contributed by atoms with Gasteiger partial charge in [-0.15, -0.1) is 0 Å². The Morgan fingerprint density at radius 3 is 2.54 bits per heavy atom. The zero-order valence-corrected chi connectivity index (χ0v) is 8.51. The lowest BCUT2D eigenvalue weighted by atomic mass is 9.88. The van der Waals surface area contributed by atoms with Gasteiger partial charge >= 0.3 is 0 Å². The molecule has 1 aromatic rings. The minimum Gasteiger partial charge on any atom is -0.321 e. The van der Waals surface area contributed by atoms with Gasteiger partial charge in [-0.2, -0.15) is 0 Å². The van der Waals surface area contributed by atoms with Crippen LogP contribution in [0.2, 0.25) is 5.02 Å². The lowest BCUT2D eigenvalue weighted by Crippen LogP contribution is -2.35. The number of rotatable bonds is 2. The summed E-state index contributed by atoms with van der Waals surface area (Å²) in [7, 11) is 0. The molecular formula is C11H14ClN. The maximum Gasteiger partial charge on any atom is 0.0456 e. The molecule has 1 atom stereocenters. The largest absolute Gasteiger partial charge is 0.321 e. The Bertz CT molecular complexity index is 316. The first kappa shape index (κ1) is 9.04. The van der Waals surface area contributed by atoms with Crippen LogP contribution in [0.4, 0.5) is 0 Å². The second kappa shape index (κ2) is 3.00. The van der Waals surface area contributed by atoms with E-state index >= 15 is 0 Å². The third kappa shape index (κ3) is 1.59. The molecule has 0 saturated heterocycles. The molecule has 0 aliphatic heterocycles. The van der Waals surface area contributed by atoms with E-state index in [1.807, 2.05) is 24.3 Å². The maximum absolute atomic E-state index is 6.26. The fraction of sp³-hybridized carbons (Fsp3) is 0.455. The Hall–Kier alpha value is -0.530. The van der Waals surface area contributed by atoms with Crippen molar-refractivity contribution < 1.29 is 0 Å². The molecule has 2 N–H and O–H groups in total. The minimum absolute atomic E-state index is 0.238. The van der Waals surface area contributed by atoms with E-state index in [1.165, 1.54) is 12.8 Å². The Kier molecular flexibility index (Phi) is 2.09. The van der Waals surface area contributed by atoms with Crippen molar-refractivity contribution in [3.8, 4) is 0 Å². The highest BCUT2D eigenvalue weighted by Crippen LogP contribution is 2.45. The number of hydrogen-bond donors (Lipinski definition) is 1. The van der Waals surface area contributed by atoms with Crippen molar-refractivity contribution in [1.82, 2.24) is 0 Å². The number of nitrogens with two attached hydrogens (primary N) is 1. The standard InChI is InChI=1S/C11H14ClN/c1-11(13,8-6-7-8)9-4-2-3-5-10(9)12/h2-5,8H,6-7,13H2,1H3. The van der Waals surface area contributed by atoms with Gasteiger partial charge in [0.25, 0.3) is 0 Å². The van der Waals surface area contributed by atoms with Gasteiger partial charge in [-0.3, -0.25) is 0 Å². The van der Waals surface area contributed by atoms with E-state index in [1.54, 1.807) is 0 Å². The number of benzene rings is 1. The zero-order valence-electron chi connectivity index (χ0n) is 7.76. The summed E-state index contributed by atoms with van der Waals surface area (Å²) in [5, 5.41) is 0.791. The highest BCUT2D eigenvalue weighted by atomic mass is 35.5. The molecule has 0 aromatic heterocycles. The summed E-state index contributed by atoms with van der Waals surface area (Å²) in [6.45, 7) is 2.08. The monoisotopic (exact) mass is 195 g/mol. The van der Waals surface area contributed by atoms with Crippen molar-refractivity contribution in [1.29, 1.82) is 0 Å². The Morgan fingerprint density at radius 2 is 2.00 bits per heavy atom. The van der Waals surface area contributed by atoms with Crippen molar-refractivity contribution in [2.24, 2.45) is 11.7 Å². The van der Waals surface area contributed by atoms with E-state index in [4.69, 9.17) is 17.3 Å². The van der Waals surface area contributed by atoms with Crippen LogP contribution in [0, 0.1) is 5.92 Å². The third-order valence-electron chi connectivity index (χ3n) is 2.88. The van der Waals surface area contributed by atoms with Gasteiger partial charge in [-0.25, -0.2) is 0 Å². The molecule has 70 valence electrons. The molecular weight excluding hydrogens is 182 g/mol. The second-order valence-electron chi connectivity index (χ2n) is 4.04. The fourth-order valence-corrected chi connectivity index (χ4v) is 2.14. The lowest BCUT2D eigenvalue weighted by molar-refractivity contribution is 0.427. The van der Waals surface area contributed by atoms with Gasteiger partial charge < -0.3 is 5.73 Å². The number of halogens is 1. The summed E-state index contributed by atoms with van der Waals surface area (Å²) >= 11 is 6.10. The van der Waals surface area contributed by atoms with Crippen LogP contribution in [0.5, 0.6) is 0 Å². The van der Waals surface area contributed by atoms with Crippen molar-refractivity contribution in [3.63, 3.8) is 0 Å². The minimum atomic E-state index is -0.238. The molecule has 0 amide bonds. The molecule has 0 spiro atoms. The van der Waals surface area contributed by atoms with Gasteiger partial charge in [0, 0.05) is 10.6 Å². The summed E-state index contributed by atoms with van der Waals surface area (Å²) in [5.74, 6) is 0.618. The summed E-state index contributed by atoms with van der Waals surface area (Å²) in [4.78, 5) is 0. The van der Waals surface area contributed by atoms with Crippen LogP contribution in [0.1, 0.15) is 25.3 Å². The van der Waals surface area contributed by atoms with Crippen LogP contribution < -0.4 is 5.73 Å². The molecule has 1 aliphatic carbocycles. The SMILES string of the molecule is CC(N)(c1ccccc1Cl)C1CC1. The first-order valence-electron chi connectivity index (χ1n) is 4.66. The van der Waals surface area contributed by atoms with Crippen LogP contribution in [0.3, 0.4) is 0 Å². The van der Waals surface area contributed by atoms with Crippen molar-refractivity contribution in [2.45, 2.75) is 25.3 Å². The first-order chi connectivity index (χ1) is 6.12. The Labute approximate surface area is 83.9 Å². The second-order valence-corrected chi connectivity index (χ2v) is 4.44. The van der Waals surface area contributed by atoms with E-state index in [-0.39, 0.29) is 5.54 Å². The predicted molar refractivity (Wildman–Crippen MR) is 55.7 cm³/mol. The third-order valence-corrected chi connectivity index (χ3v) is 3.21. The molecule has 1 unspecified atom stereocenters. The Morgan fingerprint density at radius 1 is 1.38 bits per heavy atom. The quantitative estimate of drug-likeness (QED) is 0.772. The van der Waals surface area contributed by atoms with E-state index in [0.29, 0.717) is 5.92 Å². The van der Waals surface area contributed by atoms with Gasteiger partial charge in [0.05, 0.1) is 0 Å². The van der Waals surface area contributed by atoms with Gasteiger partial charge in [-0.1, -0.05) is 29.8 Å². The molecule has 0 heterocycles. The maximum atomic E-state index is 6.26. The van der Waals surface area contributed by atoms with Crippen molar-refractivity contribution in [3.05, 3.63) is 34.9 Å². The molecule has 1 saturated carbocycles. The van der Waals surface area contributed by atoms with Gasteiger partial charge in [0.1, 0.15) is 0 Å². The van der Waals surface area contributed by atoms with Crippen LogP contribution in [-0.4, -0.2) is 0 Å². The molecule has 1 aromatic carbocycles. The van der Waals surface area contributed by atoms with Gasteiger partial charge in [0.15, 0.2) is 0 Å². The topological polar surface area (TPSA) is 26.0 Å². The fourth-order valence-electron chi connectivity index (χ4n) is 1.80. The highest BCUT2D eigenvalue weighted by Gasteiger charge is 2.40. The summed E-state index contributed by atoms with van der Waals surface area (Å²) in [6, 6.07) is 7.87. The molecule has 0 bridgehead atoms. The summed E-state index contributed by atoms with van der Waals surface area (Å²) < 4.78 is 0. The molecule has 1 nitrogen and oxygen atoms in total. The van der Waals surface area contributed by atoms with Crippen LogP contribution in [0.25, 0.3) is 0 Å². The van der Waals surface area contributed by atoms with Gasteiger partial charge in [-0.05, 0) is 37.3 Å². The normalized spacial score (nSPS) is 21.2. The van der Waals surface area contributed by atoms with Gasteiger partial charge in [0.2, 0.25) is 0 Å². The average Bonchev–Trinajstić information content (AvgIpc) is 2.86. The molecule has 13 heavy (non-hydrogen) atoms. The average molecular weight is 196 g/mol. The molecule has 1 aliphatic rings. The number of hydrogen-bond acceptors (Lipinski definition) is 1. The van der Waals surface area contributed by atoms with E-state index in [2.05, 4.69) is 6.92 Å². The Balaban J connectivity index is 2.38. The predicted octanol–water partition coefficient (Wildman–Crippen LogP) is 2.92. The lowest BCUT2D eigenvalue weighted by Gasteiger charge is -2.26. The molecule has 0 radical (unpaired) electrons. The van der Waals surface area contributed by atoms with Crippen molar-refractivity contribution in [2.75, 3.05) is 0 Å². The highest BCUT2D eigenvalue weighted by molar-refractivity contribution is 6.31. The smallest absolute Gasteiger partial charge is 0.0456 e. The summed E-state index contributed by atoms with van der Waals surface area (Å²) in [5.41, 5.74) is 7.10. The summed E-state index contributed by atoms with van der Waals surface area (Å²) in [6.07, 6.45) is 2.47. The van der Waals surface area contributed by atoms with Crippen molar-refractivity contribution >= 4 is 11.6 Å². The molecule has 2 heteroatoms. The van der Waals surface area contributed by atoms with Crippen LogP contribution >= 0.6 is 11.6 Å². The van der Waals surface area contributed by atoms with E-state index < -0.39 is 0 Å². The first-order valence-corrected chi connectivity index (χ1v) is 5.04. The van der Waals surface area contributed by atoms with E-state index in [0.717, 1.165) is 10.6 Å². The zero-order chi connectivity index (χ0) is 9.47. The molecule has 2 rings (SSSR count). The van der Waals surface area contributed by atoms with Crippen LogP contribution in [0.15, 0.2) is 24.3 Å².